The number of carbonyl (C=O) groups is 1. The highest BCUT2D eigenvalue weighted by atomic mass is 31.2. The van der Waals surface area contributed by atoms with Crippen molar-refractivity contribution in [3.8, 4) is 5.75 Å². The molecule has 2 aromatic heterocycles. The molecule has 5 N–H and O–H groups in total. The Labute approximate surface area is 241 Å². The molecule has 0 amide bonds. The third-order valence-corrected chi connectivity index (χ3v) is 9.11. The molecule has 1 aliphatic heterocycles. The van der Waals surface area contributed by atoms with Gasteiger partial charge in [-0.1, -0.05) is 39.0 Å². The molecule has 3 aromatic rings. The molecule has 1 unspecified atom stereocenters. The van der Waals surface area contributed by atoms with Crippen molar-refractivity contribution in [1.82, 2.24) is 19.7 Å². The molecule has 42 heavy (non-hydrogen) atoms. The van der Waals surface area contributed by atoms with E-state index >= 15 is 4.39 Å². The smallest absolute Gasteiger partial charge is 0.459 e. The van der Waals surface area contributed by atoms with E-state index in [0.29, 0.717) is 11.9 Å². The summed E-state index contributed by atoms with van der Waals surface area (Å²) in [6.07, 6.45) is -3.23. The predicted molar refractivity (Wildman–Crippen MR) is 148 cm³/mol. The van der Waals surface area contributed by atoms with Crippen molar-refractivity contribution < 1.29 is 42.5 Å². The number of anilines is 1. The van der Waals surface area contributed by atoms with Crippen LogP contribution in [0.5, 0.6) is 5.75 Å². The maximum atomic E-state index is 15.2. The normalized spacial score (nSPS) is 29.1. The maximum absolute atomic E-state index is 15.2. The molecule has 2 fully saturated rings. The Balaban J connectivity index is 1.34. The summed E-state index contributed by atoms with van der Waals surface area (Å²) >= 11 is 0. The number of esters is 1. The number of halogens is 1. The Bertz CT molecular complexity index is 1500. The van der Waals surface area contributed by atoms with Crippen LogP contribution in [0.3, 0.4) is 0 Å². The Morgan fingerprint density at radius 2 is 2.00 bits per heavy atom. The standard InChI is InChI=1S/C27H35FN5O8P/c1-16(23(35)38-13-12-25(2,3)4)32-42(37,41-17-8-6-5-7-9-17)39-14-26-24(28)27(26,36)21(34)20(40-26)18-10-11-19-22(29)30-15-31-33(18)19/h5-11,15-16,20-21,24,34,36H,12-14H2,1-4H3,(H,32,37)(H2,29,30,31)/t16-,20-,21-,24?,26-,27+,42-/m0/s1. The van der Waals surface area contributed by atoms with Crippen LogP contribution >= 0.6 is 7.75 Å². The minimum Gasteiger partial charge on any atom is -0.465 e. The average Bonchev–Trinajstić information content (AvgIpc) is 3.20. The van der Waals surface area contributed by atoms with Gasteiger partial charge in [0.05, 0.1) is 18.9 Å². The van der Waals surface area contributed by atoms with E-state index in [4.69, 9.17) is 24.3 Å². The van der Waals surface area contributed by atoms with Crippen LogP contribution in [-0.4, -0.2) is 73.5 Å². The second-order valence-corrected chi connectivity index (χ2v) is 13.5. The molecule has 15 heteroatoms. The molecule has 3 heterocycles. The van der Waals surface area contributed by atoms with E-state index in [9.17, 15) is 19.6 Å². The number of para-hydroxylation sites is 1. The number of hydrogen-bond donors (Lipinski definition) is 4. The van der Waals surface area contributed by atoms with E-state index in [2.05, 4.69) is 15.2 Å². The molecular weight excluding hydrogens is 572 g/mol. The zero-order chi connectivity index (χ0) is 30.5. The first kappa shape index (κ1) is 30.3. The number of hydrogen-bond acceptors (Lipinski definition) is 11. The Hall–Kier alpha value is -3.13. The topological polar surface area (TPSA) is 180 Å². The van der Waals surface area contributed by atoms with Crippen molar-refractivity contribution in [3.05, 3.63) is 54.5 Å². The van der Waals surface area contributed by atoms with Crippen molar-refractivity contribution in [3.63, 3.8) is 0 Å². The van der Waals surface area contributed by atoms with Crippen molar-refractivity contribution >= 4 is 25.1 Å². The lowest BCUT2D eigenvalue weighted by Gasteiger charge is -2.25. The molecule has 1 saturated carbocycles. The van der Waals surface area contributed by atoms with Crippen molar-refractivity contribution in [1.29, 1.82) is 0 Å². The molecule has 1 aromatic carbocycles. The number of nitrogen functional groups attached to an aromatic ring is 1. The van der Waals surface area contributed by atoms with Gasteiger partial charge >= 0.3 is 13.7 Å². The van der Waals surface area contributed by atoms with Gasteiger partial charge in [0, 0.05) is 0 Å². The molecule has 1 saturated heterocycles. The summed E-state index contributed by atoms with van der Waals surface area (Å²) in [4.78, 5) is 16.6. The van der Waals surface area contributed by atoms with E-state index in [1.165, 1.54) is 29.9 Å². The predicted octanol–water partition coefficient (Wildman–Crippen LogP) is 2.73. The lowest BCUT2D eigenvalue weighted by molar-refractivity contribution is -0.146. The van der Waals surface area contributed by atoms with Gasteiger partial charge in [-0.15, -0.1) is 0 Å². The Kier molecular flexibility index (Phi) is 7.84. The van der Waals surface area contributed by atoms with E-state index in [1.54, 1.807) is 30.3 Å². The number of benzene rings is 1. The Morgan fingerprint density at radius 1 is 1.29 bits per heavy atom. The number of carbonyl (C=O) groups excluding carboxylic acids is 1. The summed E-state index contributed by atoms with van der Waals surface area (Å²) in [5.41, 5.74) is 2.06. The molecule has 7 atom stereocenters. The quantitative estimate of drug-likeness (QED) is 0.185. The van der Waals surface area contributed by atoms with Gasteiger partial charge in [-0.05, 0) is 43.0 Å². The summed E-state index contributed by atoms with van der Waals surface area (Å²) in [5.74, 6) is -0.382. The minimum absolute atomic E-state index is 0.0640. The molecule has 0 bridgehead atoms. The van der Waals surface area contributed by atoms with Gasteiger partial charge in [0.1, 0.15) is 35.8 Å². The zero-order valence-corrected chi connectivity index (χ0v) is 24.5. The number of aliphatic hydroxyl groups excluding tert-OH is 1. The van der Waals surface area contributed by atoms with Crippen LogP contribution in [0.4, 0.5) is 10.2 Å². The zero-order valence-electron chi connectivity index (χ0n) is 23.6. The van der Waals surface area contributed by atoms with Crippen LogP contribution in [-0.2, 0) is 23.4 Å². The average molecular weight is 608 g/mol. The summed E-state index contributed by atoms with van der Waals surface area (Å²) in [6, 6.07) is 10.0. The molecule has 0 radical (unpaired) electrons. The highest BCUT2D eigenvalue weighted by Crippen LogP contribution is 2.66. The largest absolute Gasteiger partial charge is 0.465 e. The Morgan fingerprint density at radius 3 is 2.69 bits per heavy atom. The number of aliphatic hydroxyl groups is 2. The lowest BCUT2D eigenvalue weighted by atomic mass is 9.93. The maximum Gasteiger partial charge on any atom is 0.459 e. The SMILES string of the molecule is C[C@H](N[P@](=O)(OC[C@@]12O[C@@H](c3ccc4c(N)ncnn34)[C@H](O)[C@@]1(O)C2F)Oc1ccccc1)C(=O)OCCC(C)(C)C. The summed E-state index contributed by atoms with van der Waals surface area (Å²) in [6.45, 7) is 6.79. The number of fused-ring (bicyclic) bond motifs is 2. The third kappa shape index (κ3) is 5.38. The molecule has 2 aliphatic rings. The fourth-order valence-electron chi connectivity index (χ4n) is 4.94. The molecule has 0 spiro atoms. The van der Waals surface area contributed by atoms with E-state index in [-0.39, 0.29) is 29.3 Å². The van der Waals surface area contributed by atoms with Crippen LogP contribution in [0, 0.1) is 5.41 Å². The van der Waals surface area contributed by atoms with Crippen molar-refractivity contribution in [2.75, 3.05) is 18.9 Å². The first-order chi connectivity index (χ1) is 19.7. The van der Waals surface area contributed by atoms with Gasteiger partial charge in [0.25, 0.3) is 0 Å². The van der Waals surface area contributed by atoms with Crippen molar-refractivity contribution in [2.24, 2.45) is 5.41 Å². The van der Waals surface area contributed by atoms with Gasteiger partial charge in [-0.3, -0.25) is 9.32 Å². The number of nitrogens with zero attached hydrogens (tertiary/aromatic N) is 3. The van der Waals surface area contributed by atoms with E-state index in [1.807, 2.05) is 20.8 Å². The molecule has 13 nitrogen and oxygen atoms in total. The fraction of sp³-hybridized carbons (Fsp3) is 0.519. The van der Waals surface area contributed by atoms with Gasteiger partial charge in [0.2, 0.25) is 0 Å². The highest BCUT2D eigenvalue weighted by molar-refractivity contribution is 7.52. The van der Waals surface area contributed by atoms with Crippen LogP contribution in [0.1, 0.15) is 45.9 Å². The minimum atomic E-state index is -4.42. The molecular formula is C27H35FN5O8P. The van der Waals surface area contributed by atoms with Gasteiger partial charge < -0.3 is 29.9 Å². The summed E-state index contributed by atoms with van der Waals surface area (Å²) < 4.78 is 53.0. The first-order valence-corrected chi connectivity index (χ1v) is 15.0. The second kappa shape index (κ2) is 10.9. The fourth-order valence-corrected chi connectivity index (χ4v) is 6.46. The molecule has 5 rings (SSSR count). The number of aromatic nitrogens is 3. The van der Waals surface area contributed by atoms with Crippen LogP contribution in [0.15, 0.2) is 48.8 Å². The summed E-state index contributed by atoms with van der Waals surface area (Å²) in [5, 5.41) is 28.8. The van der Waals surface area contributed by atoms with Gasteiger partial charge in [0.15, 0.2) is 23.2 Å². The second-order valence-electron chi connectivity index (χ2n) is 11.8. The van der Waals surface area contributed by atoms with Crippen molar-refractivity contribution in [2.45, 2.75) is 69.7 Å². The van der Waals surface area contributed by atoms with Crippen LogP contribution < -0.4 is 15.3 Å². The van der Waals surface area contributed by atoms with E-state index < -0.39 is 55.9 Å². The van der Waals surface area contributed by atoms with Crippen LogP contribution in [0.2, 0.25) is 0 Å². The van der Waals surface area contributed by atoms with Gasteiger partial charge in [-0.2, -0.15) is 10.2 Å². The number of ether oxygens (including phenoxy) is 2. The highest BCUT2D eigenvalue weighted by Gasteiger charge is 2.89. The number of nitrogens with two attached hydrogens (primary N) is 1. The van der Waals surface area contributed by atoms with E-state index in [0.717, 1.165) is 0 Å². The van der Waals surface area contributed by atoms with Crippen LogP contribution in [0.25, 0.3) is 5.52 Å². The number of rotatable bonds is 11. The third-order valence-electron chi connectivity index (χ3n) is 7.49. The summed E-state index contributed by atoms with van der Waals surface area (Å²) in [7, 11) is -4.42. The molecule has 228 valence electrons. The lowest BCUT2D eigenvalue weighted by Crippen LogP contribution is -2.37. The first-order valence-electron chi connectivity index (χ1n) is 13.4. The number of alkyl halides is 1. The monoisotopic (exact) mass is 607 g/mol. The van der Waals surface area contributed by atoms with Gasteiger partial charge in [-0.25, -0.2) is 18.5 Å². The molecule has 1 aliphatic carbocycles. The number of nitrogens with one attached hydrogen (secondary N) is 1.